The molecule has 0 aliphatic carbocycles. The Balaban J connectivity index is 1.66. The van der Waals surface area contributed by atoms with Crippen LogP contribution in [0.5, 0.6) is 0 Å². The second-order valence-electron chi connectivity index (χ2n) is 7.26. The molecule has 0 unspecified atom stereocenters. The molecule has 0 bridgehead atoms. The number of aromatic nitrogens is 3. The van der Waals surface area contributed by atoms with E-state index in [1.165, 1.54) is 32.5 Å². The molecule has 1 aromatic rings. The van der Waals surface area contributed by atoms with Crippen molar-refractivity contribution in [2.75, 3.05) is 39.3 Å². The summed E-state index contributed by atoms with van der Waals surface area (Å²) in [4.78, 5) is 7.23. The summed E-state index contributed by atoms with van der Waals surface area (Å²) in [6.07, 6.45) is 7.62. The second-order valence-corrected chi connectivity index (χ2v) is 7.26. The van der Waals surface area contributed by atoms with E-state index in [2.05, 4.69) is 56.1 Å². The lowest BCUT2D eigenvalue weighted by Crippen LogP contribution is -2.41. The van der Waals surface area contributed by atoms with Crippen LogP contribution >= 0.6 is 0 Å². The number of nitrogens with zero attached hydrogens (tertiary/aromatic N) is 5. The Morgan fingerprint density at radius 1 is 1.19 bits per heavy atom. The van der Waals surface area contributed by atoms with Crippen LogP contribution < -0.4 is 10.6 Å². The molecule has 7 heteroatoms. The van der Waals surface area contributed by atoms with E-state index in [1.807, 2.05) is 0 Å². The molecule has 0 spiro atoms. The van der Waals surface area contributed by atoms with Crippen molar-refractivity contribution in [3.8, 4) is 0 Å². The third-order valence-corrected chi connectivity index (χ3v) is 4.97. The molecular weight excluding hydrogens is 326 g/mol. The maximum atomic E-state index is 4.64. The van der Waals surface area contributed by atoms with Crippen LogP contribution in [-0.4, -0.2) is 64.9 Å². The van der Waals surface area contributed by atoms with Crippen molar-refractivity contribution in [1.82, 2.24) is 30.3 Å². The van der Waals surface area contributed by atoms with Gasteiger partial charge in [-0.3, -0.25) is 4.99 Å². The molecule has 2 N–H and O–H groups in total. The topological polar surface area (TPSA) is 70.4 Å². The van der Waals surface area contributed by atoms with Gasteiger partial charge in [-0.05, 0) is 51.2 Å². The van der Waals surface area contributed by atoms with Crippen LogP contribution in [0.2, 0.25) is 0 Å². The van der Waals surface area contributed by atoms with Crippen molar-refractivity contribution in [1.29, 1.82) is 0 Å². The van der Waals surface area contributed by atoms with Crippen molar-refractivity contribution >= 4 is 5.96 Å². The van der Waals surface area contributed by atoms with Gasteiger partial charge in [-0.2, -0.15) is 0 Å². The van der Waals surface area contributed by atoms with E-state index in [-0.39, 0.29) is 0 Å². The third-order valence-electron chi connectivity index (χ3n) is 4.97. The number of hydrogen-bond acceptors (Lipinski definition) is 4. The molecule has 0 aromatic carbocycles. The van der Waals surface area contributed by atoms with Gasteiger partial charge in [0.05, 0.1) is 0 Å². The van der Waals surface area contributed by atoms with Crippen molar-refractivity contribution in [3.63, 3.8) is 0 Å². The van der Waals surface area contributed by atoms with Gasteiger partial charge in [-0.15, -0.1) is 10.2 Å². The summed E-state index contributed by atoms with van der Waals surface area (Å²) in [5, 5.41) is 15.0. The predicted molar refractivity (Wildman–Crippen MR) is 107 cm³/mol. The highest BCUT2D eigenvalue weighted by Crippen LogP contribution is 2.15. The first-order valence-electron chi connectivity index (χ1n) is 10.3. The van der Waals surface area contributed by atoms with Gasteiger partial charge in [0.1, 0.15) is 12.2 Å². The molecule has 1 saturated heterocycles. The minimum atomic E-state index is 0.824. The van der Waals surface area contributed by atoms with Crippen molar-refractivity contribution in [2.24, 2.45) is 10.9 Å². The van der Waals surface area contributed by atoms with Crippen LogP contribution in [0.15, 0.2) is 11.3 Å². The van der Waals surface area contributed by atoms with Gasteiger partial charge in [0.15, 0.2) is 5.96 Å². The largest absolute Gasteiger partial charge is 0.356 e. The molecule has 7 nitrogen and oxygen atoms in total. The van der Waals surface area contributed by atoms with Crippen molar-refractivity contribution in [2.45, 2.75) is 59.4 Å². The van der Waals surface area contributed by atoms with Gasteiger partial charge in [0, 0.05) is 32.6 Å². The van der Waals surface area contributed by atoms with Crippen LogP contribution in [-0.2, 0) is 13.0 Å². The molecule has 1 aromatic heterocycles. The van der Waals surface area contributed by atoms with Crippen LogP contribution in [0.4, 0.5) is 0 Å². The molecule has 1 fully saturated rings. The Morgan fingerprint density at radius 2 is 1.96 bits per heavy atom. The molecule has 0 amide bonds. The highest BCUT2D eigenvalue weighted by molar-refractivity contribution is 5.79. The van der Waals surface area contributed by atoms with Gasteiger partial charge in [-0.1, -0.05) is 20.8 Å². The fourth-order valence-corrected chi connectivity index (χ4v) is 3.23. The number of guanidine groups is 1. The SMILES string of the molecule is CCCN=C(NCCCN1CCC(C)CC1)NCCn1cnnc1CC. The number of hydrogen-bond donors (Lipinski definition) is 2. The quantitative estimate of drug-likeness (QED) is 0.377. The van der Waals surface area contributed by atoms with Gasteiger partial charge in [-0.25, -0.2) is 0 Å². The first-order chi connectivity index (χ1) is 12.7. The van der Waals surface area contributed by atoms with Gasteiger partial charge in [0.25, 0.3) is 0 Å². The Labute approximate surface area is 158 Å². The lowest BCUT2D eigenvalue weighted by molar-refractivity contribution is 0.191. The summed E-state index contributed by atoms with van der Waals surface area (Å²) in [6, 6.07) is 0. The first-order valence-corrected chi connectivity index (χ1v) is 10.3. The Morgan fingerprint density at radius 3 is 2.69 bits per heavy atom. The van der Waals surface area contributed by atoms with E-state index in [4.69, 9.17) is 0 Å². The lowest BCUT2D eigenvalue weighted by Gasteiger charge is -2.30. The fraction of sp³-hybridized carbons (Fsp3) is 0.842. The van der Waals surface area contributed by atoms with Crippen LogP contribution in [0.3, 0.4) is 0 Å². The van der Waals surface area contributed by atoms with Gasteiger partial charge >= 0.3 is 0 Å². The number of aliphatic imine (C=N–C) groups is 1. The number of rotatable bonds is 10. The predicted octanol–water partition coefficient (Wildman–Crippen LogP) is 1.91. The molecule has 1 aliphatic rings. The van der Waals surface area contributed by atoms with E-state index in [0.717, 1.165) is 63.1 Å². The van der Waals surface area contributed by atoms with E-state index in [9.17, 15) is 0 Å². The number of likely N-dealkylation sites (tertiary alicyclic amines) is 1. The number of piperidine rings is 1. The van der Waals surface area contributed by atoms with Crippen LogP contribution in [0.1, 0.15) is 52.3 Å². The number of aryl methyl sites for hydroxylation is 1. The zero-order chi connectivity index (χ0) is 18.6. The average molecular weight is 364 g/mol. The van der Waals surface area contributed by atoms with Gasteiger partial charge < -0.3 is 20.1 Å². The normalized spacial score (nSPS) is 16.8. The summed E-state index contributed by atoms with van der Waals surface area (Å²) in [5.74, 6) is 2.85. The lowest BCUT2D eigenvalue weighted by atomic mass is 9.99. The maximum Gasteiger partial charge on any atom is 0.191 e. The van der Waals surface area contributed by atoms with Crippen molar-refractivity contribution < 1.29 is 0 Å². The molecule has 0 atom stereocenters. The smallest absolute Gasteiger partial charge is 0.191 e. The second kappa shape index (κ2) is 11.9. The minimum absolute atomic E-state index is 0.824. The summed E-state index contributed by atoms with van der Waals surface area (Å²) >= 11 is 0. The van der Waals surface area contributed by atoms with E-state index in [0.29, 0.717) is 0 Å². The first kappa shape index (κ1) is 20.7. The molecule has 2 heterocycles. The molecular formula is C19H37N7. The van der Waals surface area contributed by atoms with Gasteiger partial charge in [0.2, 0.25) is 0 Å². The van der Waals surface area contributed by atoms with Crippen molar-refractivity contribution in [3.05, 3.63) is 12.2 Å². The monoisotopic (exact) mass is 363 g/mol. The van der Waals surface area contributed by atoms with E-state index in [1.54, 1.807) is 6.33 Å². The Kier molecular flexibility index (Phi) is 9.45. The molecule has 0 saturated carbocycles. The zero-order valence-electron chi connectivity index (χ0n) is 16.9. The Hall–Kier alpha value is -1.63. The summed E-state index contributed by atoms with van der Waals surface area (Å²) in [5.41, 5.74) is 0. The molecule has 26 heavy (non-hydrogen) atoms. The standard InChI is InChI=1S/C19H37N7/c1-4-9-20-19(22-11-15-26-16-23-24-18(26)5-2)21-10-6-12-25-13-7-17(3)8-14-25/h16-17H,4-15H2,1-3H3,(H2,20,21,22). The third kappa shape index (κ3) is 7.32. The fourth-order valence-electron chi connectivity index (χ4n) is 3.23. The average Bonchev–Trinajstić information content (AvgIpc) is 3.11. The highest BCUT2D eigenvalue weighted by atomic mass is 15.3. The molecule has 2 rings (SSSR count). The molecule has 0 radical (unpaired) electrons. The van der Waals surface area contributed by atoms with E-state index < -0.39 is 0 Å². The maximum absolute atomic E-state index is 4.64. The summed E-state index contributed by atoms with van der Waals surface area (Å²) in [7, 11) is 0. The summed E-state index contributed by atoms with van der Waals surface area (Å²) in [6.45, 7) is 13.8. The zero-order valence-corrected chi connectivity index (χ0v) is 16.9. The van der Waals surface area contributed by atoms with Crippen LogP contribution in [0.25, 0.3) is 0 Å². The minimum Gasteiger partial charge on any atom is -0.356 e. The molecule has 1 aliphatic heterocycles. The molecule has 148 valence electrons. The number of nitrogens with one attached hydrogen (secondary N) is 2. The Bertz CT molecular complexity index is 518. The van der Waals surface area contributed by atoms with Crippen LogP contribution in [0, 0.1) is 5.92 Å². The summed E-state index contributed by atoms with van der Waals surface area (Å²) < 4.78 is 2.10. The highest BCUT2D eigenvalue weighted by Gasteiger charge is 2.14. The van der Waals surface area contributed by atoms with E-state index >= 15 is 0 Å².